The number of ether oxygens (including phenoxy) is 3. The van der Waals surface area contributed by atoms with Crippen molar-refractivity contribution in [1.29, 1.82) is 5.26 Å². The van der Waals surface area contributed by atoms with Gasteiger partial charge in [-0.25, -0.2) is 14.5 Å². The number of hydrogen-bond donors (Lipinski definition) is 0. The van der Waals surface area contributed by atoms with E-state index in [1.165, 1.54) is 6.20 Å². The van der Waals surface area contributed by atoms with Crippen molar-refractivity contribution in [2.45, 2.75) is 58.3 Å². The van der Waals surface area contributed by atoms with E-state index in [-0.39, 0.29) is 18.7 Å². The fraction of sp³-hybridized carbons (Fsp3) is 0.448. The van der Waals surface area contributed by atoms with Gasteiger partial charge in [-0.3, -0.25) is 9.38 Å². The Morgan fingerprint density at radius 3 is 2.63 bits per heavy atom. The van der Waals surface area contributed by atoms with Crippen LogP contribution < -0.4 is 4.74 Å². The van der Waals surface area contributed by atoms with E-state index >= 15 is 0 Å². The Morgan fingerprint density at radius 2 is 1.98 bits per heavy atom. The number of hydrogen-bond acceptors (Lipinski definition) is 9. The maximum atomic E-state index is 12.5. The highest BCUT2D eigenvalue weighted by Crippen LogP contribution is 2.33. The van der Waals surface area contributed by atoms with Gasteiger partial charge in [-0.15, -0.1) is 5.10 Å². The summed E-state index contributed by atoms with van der Waals surface area (Å²) in [5.74, 6) is 0.416. The molecule has 0 bridgehead atoms. The van der Waals surface area contributed by atoms with Crippen LogP contribution in [-0.2, 0) is 9.47 Å². The lowest BCUT2D eigenvalue weighted by molar-refractivity contribution is 0.0183. The fourth-order valence-electron chi connectivity index (χ4n) is 5.00. The number of pyridine rings is 2. The van der Waals surface area contributed by atoms with Crippen molar-refractivity contribution in [3.05, 3.63) is 59.8 Å². The standard InChI is InChI=1S/C29H34N8O4/c1-19-27(33-34-37(19)21-9-12-35(13-10-21)28(38)41-29(2,3)4)20-14-25-32-17-22(16-30)36(25)26(15-20)40-24(18-39-5)23-8-6-7-11-31-23/h6-8,11,14-15,17,21,24H,9-10,12-13,18H2,1-5H3. The Balaban J connectivity index is 1.43. The van der Waals surface area contributed by atoms with Crippen LogP contribution >= 0.6 is 0 Å². The molecule has 0 spiro atoms. The van der Waals surface area contributed by atoms with Gasteiger partial charge in [0.25, 0.3) is 0 Å². The number of piperidine rings is 1. The van der Waals surface area contributed by atoms with Gasteiger partial charge in [-0.2, -0.15) is 5.26 Å². The average Bonchev–Trinajstić information content (AvgIpc) is 3.55. The summed E-state index contributed by atoms with van der Waals surface area (Å²) in [6.45, 7) is 9.01. The maximum Gasteiger partial charge on any atom is 0.410 e. The van der Waals surface area contributed by atoms with Crippen molar-refractivity contribution >= 4 is 11.7 Å². The lowest BCUT2D eigenvalue weighted by Crippen LogP contribution is -2.42. The van der Waals surface area contributed by atoms with Crippen LogP contribution in [0.2, 0.25) is 0 Å². The summed E-state index contributed by atoms with van der Waals surface area (Å²) in [5.41, 5.74) is 3.40. The molecule has 1 fully saturated rings. The predicted octanol–water partition coefficient (Wildman–Crippen LogP) is 4.51. The minimum Gasteiger partial charge on any atom is -0.466 e. The fourth-order valence-corrected chi connectivity index (χ4v) is 5.00. The molecule has 12 nitrogen and oxygen atoms in total. The first-order chi connectivity index (χ1) is 19.7. The van der Waals surface area contributed by atoms with E-state index < -0.39 is 11.7 Å². The molecule has 1 unspecified atom stereocenters. The van der Waals surface area contributed by atoms with E-state index in [1.807, 2.05) is 62.7 Å². The SMILES string of the molecule is COCC(Oc1cc(-c2nnn(C3CCN(C(=O)OC(C)(C)C)CC3)c2C)cc2ncc(C#N)n12)c1ccccn1. The summed E-state index contributed by atoms with van der Waals surface area (Å²) < 4.78 is 21.0. The Bertz CT molecular complexity index is 1560. The minimum atomic E-state index is -0.529. The number of methoxy groups -OCH3 is 1. The van der Waals surface area contributed by atoms with Gasteiger partial charge in [0.2, 0.25) is 5.88 Å². The Hall–Kier alpha value is -4.50. The van der Waals surface area contributed by atoms with Crippen LogP contribution in [0.25, 0.3) is 16.9 Å². The molecular formula is C29H34N8O4. The molecule has 1 saturated heterocycles. The van der Waals surface area contributed by atoms with E-state index in [4.69, 9.17) is 14.2 Å². The molecule has 1 aliphatic rings. The summed E-state index contributed by atoms with van der Waals surface area (Å²) in [6.07, 6.45) is 3.89. The normalized spacial score (nSPS) is 15.1. The van der Waals surface area contributed by atoms with E-state index in [1.54, 1.807) is 22.6 Å². The molecule has 5 heterocycles. The molecule has 41 heavy (non-hydrogen) atoms. The van der Waals surface area contributed by atoms with Gasteiger partial charge in [0.05, 0.1) is 30.2 Å². The lowest BCUT2D eigenvalue weighted by atomic mass is 10.0. The smallest absolute Gasteiger partial charge is 0.410 e. The predicted molar refractivity (Wildman–Crippen MR) is 149 cm³/mol. The van der Waals surface area contributed by atoms with Crippen LogP contribution in [0.5, 0.6) is 5.88 Å². The van der Waals surface area contributed by atoms with Crippen molar-refractivity contribution < 1.29 is 19.0 Å². The maximum absolute atomic E-state index is 12.5. The average molecular weight is 559 g/mol. The number of amides is 1. The van der Waals surface area contributed by atoms with Crippen LogP contribution in [0.4, 0.5) is 4.79 Å². The van der Waals surface area contributed by atoms with Crippen LogP contribution in [0.3, 0.4) is 0 Å². The minimum absolute atomic E-state index is 0.0984. The summed E-state index contributed by atoms with van der Waals surface area (Å²) in [4.78, 5) is 23.1. The first kappa shape index (κ1) is 28.0. The highest BCUT2D eigenvalue weighted by Gasteiger charge is 2.29. The van der Waals surface area contributed by atoms with Gasteiger partial charge in [-0.1, -0.05) is 11.3 Å². The van der Waals surface area contributed by atoms with Crippen molar-refractivity contribution in [2.75, 3.05) is 26.8 Å². The molecule has 214 valence electrons. The van der Waals surface area contributed by atoms with Crippen LogP contribution in [0.1, 0.15) is 62.8 Å². The highest BCUT2D eigenvalue weighted by molar-refractivity contribution is 5.69. The zero-order valence-corrected chi connectivity index (χ0v) is 23.9. The van der Waals surface area contributed by atoms with Crippen molar-refractivity contribution in [3.8, 4) is 23.2 Å². The molecule has 5 rings (SSSR count). The number of nitriles is 1. The molecule has 0 saturated carbocycles. The first-order valence-corrected chi connectivity index (χ1v) is 13.6. The van der Waals surface area contributed by atoms with E-state index in [0.29, 0.717) is 41.7 Å². The topological polar surface area (TPSA) is 133 Å². The van der Waals surface area contributed by atoms with Crippen LogP contribution in [0, 0.1) is 18.3 Å². The largest absolute Gasteiger partial charge is 0.466 e. The molecule has 0 aliphatic carbocycles. The third kappa shape index (κ3) is 6.00. The van der Waals surface area contributed by atoms with Gasteiger partial charge in [0, 0.05) is 38.0 Å². The molecule has 4 aromatic heterocycles. The second-order valence-electron chi connectivity index (χ2n) is 11.0. The molecule has 0 aromatic carbocycles. The number of nitrogens with zero attached hydrogens (tertiary/aromatic N) is 8. The second kappa shape index (κ2) is 11.5. The number of likely N-dealkylation sites (tertiary alicyclic amines) is 1. The molecular weight excluding hydrogens is 524 g/mol. The molecule has 0 N–H and O–H groups in total. The van der Waals surface area contributed by atoms with Gasteiger partial charge in [0.1, 0.15) is 28.7 Å². The van der Waals surface area contributed by atoms with Gasteiger partial charge in [-0.05, 0) is 58.7 Å². The van der Waals surface area contributed by atoms with Gasteiger partial charge < -0.3 is 19.1 Å². The highest BCUT2D eigenvalue weighted by atomic mass is 16.6. The zero-order chi connectivity index (χ0) is 29.1. The van der Waals surface area contributed by atoms with Gasteiger partial charge in [0.15, 0.2) is 6.10 Å². The summed E-state index contributed by atoms with van der Waals surface area (Å²) >= 11 is 0. The third-order valence-corrected chi connectivity index (χ3v) is 6.95. The van der Waals surface area contributed by atoms with Crippen LogP contribution in [0.15, 0.2) is 42.7 Å². The molecule has 1 amide bonds. The Kier molecular flexibility index (Phi) is 7.90. The monoisotopic (exact) mass is 558 g/mol. The second-order valence-corrected chi connectivity index (χ2v) is 11.0. The molecule has 4 aromatic rings. The number of fused-ring (bicyclic) bond motifs is 1. The molecule has 1 aliphatic heterocycles. The Morgan fingerprint density at radius 1 is 1.20 bits per heavy atom. The zero-order valence-electron chi connectivity index (χ0n) is 23.9. The van der Waals surface area contributed by atoms with E-state index in [9.17, 15) is 10.1 Å². The van der Waals surface area contributed by atoms with Crippen LogP contribution in [-0.4, -0.2) is 72.8 Å². The summed E-state index contributed by atoms with van der Waals surface area (Å²) in [5, 5.41) is 18.7. The molecule has 12 heteroatoms. The van der Waals surface area contributed by atoms with Crippen molar-refractivity contribution in [2.24, 2.45) is 0 Å². The van der Waals surface area contributed by atoms with Crippen molar-refractivity contribution in [1.82, 2.24) is 34.3 Å². The number of rotatable bonds is 7. The number of imidazole rings is 1. The van der Waals surface area contributed by atoms with E-state index in [2.05, 4.69) is 26.3 Å². The molecule has 0 radical (unpaired) electrons. The number of carbonyl (C=O) groups is 1. The third-order valence-electron chi connectivity index (χ3n) is 6.95. The summed E-state index contributed by atoms with van der Waals surface area (Å²) in [7, 11) is 1.60. The first-order valence-electron chi connectivity index (χ1n) is 13.6. The molecule has 1 atom stereocenters. The van der Waals surface area contributed by atoms with Gasteiger partial charge >= 0.3 is 6.09 Å². The summed E-state index contributed by atoms with van der Waals surface area (Å²) in [6, 6.07) is 11.6. The Labute approximate surface area is 238 Å². The van der Waals surface area contributed by atoms with Crippen molar-refractivity contribution in [3.63, 3.8) is 0 Å². The quantitative estimate of drug-likeness (QED) is 0.321. The van der Waals surface area contributed by atoms with E-state index in [0.717, 1.165) is 24.1 Å². The lowest BCUT2D eigenvalue weighted by Gasteiger charge is -2.33. The number of aromatic nitrogens is 6. The number of carbonyl (C=O) groups excluding carboxylic acids is 1.